The van der Waals surface area contributed by atoms with Crippen LogP contribution in [-0.2, 0) is 6.54 Å². The highest BCUT2D eigenvalue weighted by atomic mass is 35.5. The molecule has 1 amide bonds. The molecule has 0 aromatic heterocycles. The van der Waals surface area contributed by atoms with Crippen molar-refractivity contribution in [1.82, 2.24) is 10.6 Å². The summed E-state index contributed by atoms with van der Waals surface area (Å²) in [6, 6.07) is 13.2. The van der Waals surface area contributed by atoms with Gasteiger partial charge in [-0.15, -0.1) is 0 Å². The first-order valence-electron chi connectivity index (χ1n) is 9.91. The summed E-state index contributed by atoms with van der Waals surface area (Å²) in [5.74, 6) is -0.251. The number of carbonyl (C=O) groups excluding carboxylic acids is 1. The molecule has 0 spiro atoms. The van der Waals surface area contributed by atoms with E-state index in [1.165, 1.54) is 0 Å². The second kappa shape index (κ2) is 8.65. The van der Waals surface area contributed by atoms with Crippen LogP contribution >= 0.6 is 23.2 Å². The van der Waals surface area contributed by atoms with Crippen LogP contribution in [0, 0.1) is 0 Å². The molecule has 2 aromatic rings. The second-order valence-corrected chi connectivity index (χ2v) is 10.0. The Morgan fingerprint density at radius 1 is 1.07 bits per heavy atom. The van der Waals surface area contributed by atoms with Crippen LogP contribution in [0.4, 0.5) is 5.69 Å². The van der Waals surface area contributed by atoms with Crippen molar-refractivity contribution in [2.75, 3.05) is 5.32 Å². The van der Waals surface area contributed by atoms with Crippen LogP contribution in [0.25, 0.3) is 0 Å². The average Bonchev–Trinajstić information content (AvgIpc) is 2.57. The third kappa shape index (κ3) is 6.19. The van der Waals surface area contributed by atoms with E-state index < -0.39 is 0 Å². The fourth-order valence-electron chi connectivity index (χ4n) is 4.36. The molecule has 0 bridgehead atoms. The van der Waals surface area contributed by atoms with Crippen molar-refractivity contribution in [2.24, 2.45) is 0 Å². The quantitative estimate of drug-likeness (QED) is 0.571. The summed E-state index contributed by atoms with van der Waals surface area (Å²) in [4.78, 5) is 12.5. The van der Waals surface area contributed by atoms with Crippen molar-refractivity contribution in [2.45, 2.75) is 64.2 Å². The Morgan fingerprint density at radius 2 is 1.76 bits per heavy atom. The van der Waals surface area contributed by atoms with E-state index in [4.69, 9.17) is 23.2 Å². The summed E-state index contributed by atoms with van der Waals surface area (Å²) in [7, 11) is 0. The van der Waals surface area contributed by atoms with E-state index in [0.717, 1.165) is 30.6 Å². The van der Waals surface area contributed by atoms with Crippen LogP contribution in [0.15, 0.2) is 42.5 Å². The summed E-state index contributed by atoms with van der Waals surface area (Å²) < 4.78 is 0. The van der Waals surface area contributed by atoms with E-state index >= 15 is 0 Å². The monoisotopic (exact) mass is 433 g/mol. The third-order valence-corrected chi connectivity index (χ3v) is 5.69. The van der Waals surface area contributed by atoms with Gasteiger partial charge in [0.2, 0.25) is 0 Å². The molecule has 1 saturated heterocycles. The molecule has 1 fully saturated rings. The zero-order valence-corrected chi connectivity index (χ0v) is 18.9. The molecule has 1 aliphatic rings. The van der Waals surface area contributed by atoms with Gasteiger partial charge in [-0.2, -0.15) is 0 Å². The number of nitrogens with one attached hydrogen (secondary N) is 3. The maximum atomic E-state index is 12.5. The van der Waals surface area contributed by atoms with Gasteiger partial charge in [-0.3, -0.25) is 4.79 Å². The Hall–Kier alpha value is -1.59. The lowest BCUT2D eigenvalue weighted by atomic mass is 9.79. The summed E-state index contributed by atoms with van der Waals surface area (Å²) >= 11 is 12.1. The lowest BCUT2D eigenvalue weighted by Gasteiger charge is -2.46. The SMILES string of the molecule is CC1(C)CC(NCc2cccc(NC(=O)c3ccc(Cl)cc3Cl)c2)CC(C)(C)N1. The first-order chi connectivity index (χ1) is 13.5. The molecule has 0 radical (unpaired) electrons. The molecular weight excluding hydrogens is 405 g/mol. The second-order valence-electron chi connectivity index (χ2n) is 9.16. The maximum absolute atomic E-state index is 12.5. The van der Waals surface area contributed by atoms with E-state index in [1.54, 1.807) is 18.2 Å². The van der Waals surface area contributed by atoms with Gasteiger partial charge in [0.15, 0.2) is 0 Å². The lowest BCUT2D eigenvalue weighted by Crippen LogP contribution is -2.61. The summed E-state index contributed by atoms with van der Waals surface area (Å²) in [6.45, 7) is 9.75. The van der Waals surface area contributed by atoms with Crippen LogP contribution in [-0.4, -0.2) is 23.0 Å². The highest BCUT2D eigenvalue weighted by Gasteiger charge is 2.37. The van der Waals surface area contributed by atoms with Crippen molar-refractivity contribution in [1.29, 1.82) is 0 Å². The van der Waals surface area contributed by atoms with Crippen LogP contribution < -0.4 is 16.0 Å². The number of halogens is 2. The van der Waals surface area contributed by atoms with Crippen LogP contribution in [0.1, 0.15) is 56.5 Å². The van der Waals surface area contributed by atoms with Crippen molar-refractivity contribution in [3.8, 4) is 0 Å². The van der Waals surface area contributed by atoms with Gasteiger partial charge in [0.1, 0.15) is 0 Å². The number of hydrogen-bond acceptors (Lipinski definition) is 3. The van der Waals surface area contributed by atoms with Gasteiger partial charge in [0.25, 0.3) is 5.91 Å². The lowest BCUT2D eigenvalue weighted by molar-refractivity contribution is 0.102. The number of benzene rings is 2. The van der Waals surface area contributed by atoms with E-state index in [-0.39, 0.29) is 17.0 Å². The number of rotatable bonds is 5. The molecule has 6 heteroatoms. The zero-order valence-electron chi connectivity index (χ0n) is 17.4. The number of hydrogen-bond donors (Lipinski definition) is 3. The topological polar surface area (TPSA) is 53.2 Å². The molecule has 0 unspecified atom stereocenters. The molecule has 0 aliphatic carbocycles. The fraction of sp³-hybridized carbons (Fsp3) is 0.435. The molecule has 0 saturated carbocycles. The van der Waals surface area contributed by atoms with Gasteiger partial charge in [-0.25, -0.2) is 0 Å². The molecular formula is C23H29Cl2N3O. The number of piperidine rings is 1. The predicted octanol–water partition coefficient (Wildman–Crippen LogP) is 5.64. The molecule has 156 valence electrons. The predicted molar refractivity (Wildman–Crippen MR) is 122 cm³/mol. The first kappa shape index (κ1) is 22.1. The molecule has 4 nitrogen and oxygen atoms in total. The first-order valence-corrected chi connectivity index (χ1v) is 10.7. The minimum Gasteiger partial charge on any atom is -0.322 e. The smallest absolute Gasteiger partial charge is 0.257 e. The average molecular weight is 434 g/mol. The Bertz CT molecular complexity index is 879. The normalized spacial score (nSPS) is 18.4. The van der Waals surface area contributed by atoms with Crippen molar-refractivity contribution < 1.29 is 4.79 Å². The van der Waals surface area contributed by atoms with Gasteiger partial charge in [-0.1, -0.05) is 35.3 Å². The van der Waals surface area contributed by atoms with Crippen LogP contribution in [0.3, 0.4) is 0 Å². The summed E-state index contributed by atoms with van der Waals surface area (Å²) in [5, 5.41) is 11.2. The zero-order chi connectivity index (χ0) is 21.2. The Balaban J connectivity index is 1.63. The number of carbonyl (C=O) groups is 1. The van der Waals surface area contributed by atoms with E-state index in [2.05, 4.69) is 49.7 Å². The molecule has 29 heavy (non-hydrogen) atoms. The summed E-state index contributed by atoms with van der Waals surface area (Å²) in [5.41, 5.74) is 2.48. The molecule has 0 atom stereocenters. The molecule has 2 aromatic carbocycles. The Morgan fingerprint density at radius 3 is 2.41 bits per heavy atom. The van der Waals surface area contributed by atoms with Gasteiger partial charge >= 0.3 is 0 Å². The fourth-order valence-corrected chi connectivity index (χ4v) is 4.85. The van der Waals surface area contributed by atoms with E-state index in [1.807, 2.05) is 18.2 Å². The molecule has 1 heterocycles. The van der Waals surface area contributed by atoms with Crippen molar-refractivity contribution >= 4 is 34.8 Å². The highest BCUT2D eigenvalue weighted by molar-refractivity contribution is 6.37. The van der Waals surface area contributed by atoms with E-state index in [9.17, 15) is 4.79 Å². The molecule has 3 rings (SSSR count). The van der Waals surface area contributed by atoms with Gasteiger partial charge in [0.05, 0.1) is 10.6 Å². The van der Waals surface area contributed by atoms with Crippen molar-refractivity contribution in [3.63, 3.8) is 0 Å². The highest BCUT2D eigenvalue weighted by Crippen LogP contribution is 2.29. The van der Waals surface area contributed by atoms with Gasteiger partial charge < -0.3 is 16.0 Å². The van der Waals surface area contributed by atoms with Gasteiger partial charge in [-0.05, 0) is 76.4 Å². The number of anilines is 1. The molecule has 1 aliphatic heterocycles. The standard InChI is InChI=1S/C23H29Cl2N3O/c1-22(2)12-18(13-23(3,4)28-22)26-14-15-6-5-7-17(10-15)27-21(29)19-9-8-16(24)11-20(19)25/h5-11,18,26,28H,12-14H2,1-4H3,(H,27,29). The largest absolute Gasteiger partial charge is 0.322 e. The minimum absolute atomic E-state index is 0.104. The molecule has 3 N–H and O–H groups in total. The summed E-state index contributed by atoms with van der Waals surface area (Å²) in [6.07, 6.45) is 2.14. The minimum atomic E-state index is -0.251. The maximum Gasteiger partial charge on any atom is 0.257 e. The number of amides is 1. The Kier molecular flexibility index (Phi) is 6.59. The van der Waals surface area contributed by atoms with Crippen molar-refractivity contribution in [3.05, 3.63) is 63.6 Å². The third-order valence-electron chi connectivity index (χ3n) is 5.15. The van der Waals surface area contributed by atoms with Crippen LogP contribution in [0.5, 0.6) is 0 Å². The van der Waals surface area contributed by atoms with Crippen LogP contribution in [0.2, 0.25) is 10.0 Å². The van der Waals surface area contributed by atoms with Gasteiger partial charge in [0, 0.05) is 34.4 Å². The Labute approximate surface area is 183 Å². The van der Waals surface area contributed by atoms with E-state index in [0.29, 0.717) is 21.7 Å².